The number of halogens is 1. The molecule has 6 heteroatoms. The normalized spacial score (nSPS) is 21.0. The quantitative estimate of drug-likeness (QED) is 0.925. The first-order valence-corrected chi connectivity index (χ1v) is 9.09. The molecule has 1 aliphatic heterocycles. The van der Waals surface area contributed by atoms with Crippen LogP contribution in [0.3, 0.4) is 0 Å². The molecule has 1 amide bonds. The second-order valence-corrected chi connectivity index (χ2v) is 7.42. The highest BCUT2D eigenvalue weighted by molar-refractivity contribution is 7.09. The van der Waals surface area contributed by atoms with E-state index in [9.17, 15) is 9.18 Å². The molecule has 1 aromatic heterocycles. The summed E-state index contributed by atoms with van der Waals surface area (Å²) in [5.41, 5.74) is 1.84. The summed E-state index contributed by atoms with van der Waals surface area (Å²) in [6.45, 7) is 5.69. The van der Waals surface area contributed by atoms with E-state index in [-0.39, 0.29) is 11.7 Å². The molecule has 0 aliphatic carbocycles. The van der Waals surface area contributed by atoms with Gasteiger partial charge in [0.1, 0.15) is 5.82 Å². The number of nitrogens with one attached hydrogen (secondary N) is 1. The summed E-state index contributed by atoms with van der Waals surface area (Å²) >= 11 is 1.55. The number of nitrogens with zero attached hydrogens (tertiary/aromatic N) is 2. The van der Waals surface area contributed by atoms with Crippen LogP contribution in [0.2, 0.25) is 0 Å². The van der Waals surface area contributed by atoms with Crippen LogP contribution in [0.5, 0.6) is 0 Å². The first-order valence-electron chi connectivity index (χ1n) is 8.21. The van der Waals surface area contributed by atoms with Crippen LogP contribution in [0.15, 0.2) is 29.6 Å². The average molecular weight is 347 g/mol. The Labute approximate surface area is 145 Å². The van der Waals surface area contributed by atoms with Gasteiger partial charge < -0.3 is 10.2 Å². The Morgan fingerprint density at radius 1 is 1.29 bits per heavy atom. The second kappa shape index (κ2) is 7.40. The highest BCUT2D eigenvalue weighted by Crippen LogP contribution is 2.17. The van der Waals surface area contributed by atoms with Crippen LogP contribution in [0, 0.1) is 5.82 Å². The number of piperazine rings is 1. The van der Waals surface area contributed by atoms with E-state index in [4.69, 9.17) is 0 Å². The molecule has 2 unspecified atom stereocenters. The van der Waals surface area contributed by atoms with Crippen LogP contribution >= 0.6 is 11.3 Å². The van der Waals surface area contributed by atoms with E-state index in [2.05, 4.69) is 24.1 Å². The number of benzene rings is 1. The van der Waals surface area contributed by atoms with Crippen molar-refractivity contribution in [3.05, 3.63) is 51.7 Å². The zero-order valence-corrected chi connectivity index (χ0v) is 14.8. The Morgan fingerprint density at radius 2 is 1.96 bits per heavy atom. The number of hydrogen-bond donors (Lipinski definition) is 1. The number of thiazole rings is 1. The molecule has 2 heterocycles. The first-order chi connectivity index (χ1) is 11.5. The van der Waals surface area contributed by atoms with Crippen molar-refractivity contribution >= 4 is 17.2 Å². The number of aromatic nitrogens is 1. The third-order valence-electron chi connectivity index (χ3n) is 4.11. The molecule has 0 spiro atoms. The molecule has 4 nitrogen and oxygen atoms in total. The van der Waals surface area contributed by atoms with Gasteiger partial charge in [0.25, 0.3) is 0 Å². The molecule has 1 saturated heterocycles. The third kappa shape index (κ3) is 4.39. The Balaban J connectivity index is 1.59. The molecule has 24 heavy (non-hydrogen) atoms. The summed E-state index contributed by atoms with van der Waals surface area (Å²) in [5.74, 6) is -0.0996. The zero-order chi connectivity index (χ0) is 17.1. The van der Waals surface area contributed by atoms with Gasteiger partial charge in [-0.05, 0) is 31.5 Å². The fraction of sp³-hybridized carbons (Fsp3) is 0.444. The smallest absolute Gasteiger partial charge is 0.228 e. The van der Waals surface area contributed by atoms with E-state index in [1.807, 2.05) is 10.3 Å². The van der Waals surface area contributed by atoms with Crippen molar-refractivity contribution in [1.29, 1.82) is 0 Å². The minimum atomic E-state index is -0.233. The van der Waals surface area contributed by atoms with Gasteiger partial charge in [0.2, 0.25) is 5.91 Å². The molecule has 3 rings (SSSR count). The van der Waals surface area contributed by atoms with Gasteiger partial charge in [-0.15, -0.1) is 11.3 Å². The maximum atomic E-state index is 12.9. The predicted molar refractivity (Wildman–Crippen MR) is 93.7 cm³/mol. The van der Waals surface area contributed by atoms with Gasteiger partial charge in [-0.1, -0.05) is 12.1 Å². The van der Waals surface area contributed by atoms with Gasteiger partial charge >= 0.3 is 0 Å². The van der Waals surface area contributed by atoms with Gasteiger partial charge in [-0.25, -0.2) is 9.37 Å². The number of amides is 1. The summed E-state index contributed by atoms with van der Waals surface area (Å²) in [6, 6.07) is 7.10. The SMILES string of the molecule is CC1CN(C(=O)Cc2csc(Cc3ccc(F)cc3)n2)CC(C)N1. The zero-order valence-electron chi connectivity index (χ0n) is 14.0. The number of carbonyl (C=O) groups excluding carboxylic acids is 1. The molecule has 2 atom stereocenters. The van der Waals surface area contributed by atoms with Crippen LogP contribution < -0.4 is 5.32 Å². The third-order valence-corrected chi connectivity index (χ3v) is 5.01. The summed E-state index contributed by atoms with van der Waals surface area (Å²) in [7, 11) is 0. The highest BCUT2D eigenvalue weighted by Gasteiger charge is 2.25. The molecular formula is C18H22FN3OS. The number of rotatable bonds is 4. The van der Waals surface area contributed by atoms with E-state index in [1.54, 1.807) is 23.5 Å². The van der Waals surface area contributed by atoms with Gasteiger partial charge in [-0.2, -0.15) is 0 Å². The van der Waals surface area contributed by atoms with Crippen molar-refractivity contribution in [2.75, 3.05) is 13.1 Å². The van der Waals surface area contributed by atoms with Crippen LogP contribution in [0.25, 0.3) is 0 Å². The molecule has 1 aliphatic rings. The molecule has 0 radical (unpaired) electrons. The maximum Gasteiger partial charge on any atom is 0.228 e. The van der Waals surface area contributed by atoms with E-state index >= 15 is 0 Å². The molecule has 2 aromatic rings. The molecule has 1 fully saturated rings. The minimum Gasteiger partial charge on any atom is -0.339 e. The van der Waals surface area contributed by atoms with Crippen molar-refractivity contribution in [1.82, 2.24) is 15.2 Å². The minimum absolute atomic E-state index is 0.133. The first kappa shape index (κ1) is 17.0. The van der Waals surface area contributed by atoms with Crippen molar-refractivity contribution in [3.63, 3.8) is 0 Å². The Bertz CT molecular complexity index is 691. The number of hydrogen-bond acceptors (Lipinski definition) is 4. The van der Waals surface area contributed by atoms with Crippen molar-refractivity contribution in [3.8, 4) is 0 Å². The second-order valence-electron chi connectivity index (χ2n) is 6.48. The average Bonchev–Trinajstić information content (AvgIpc) is 2.95. The summed E-state index contributed by atoms with van der Waals surface area (Å²) in [4.78, 5) is 19.0. The Kier molecular flexibility index (Phi) is 5.26. The van der Waals surface area contributed by atoms with Gasteiger partial charge in [-0.3, -0.25) is 4.79 Å². The largest absolute Gasteiger partial charge is 0.339 e. The van der Waals surface area contributed by atoms with E-state index in [0.29, 0.717) is 24.9 Å². The lowest BCUT2D eigenvalue weighted by Crippen LogP contribution is -2.56. The van der Waals surface area contributed by atoms with Crippen LogP contribution in [-0.2, 0) is 17.6 Å². The summed E-state index contributed by atoms with van der Waals surface area (Å²) in [6.07, 6.45) is 1.01. The molecular weight excluding hydrogens is 325 g/mol. The lowest BCUT2D eigenvalue weighted by atomic mass is 10.1. The summed E-state index contributed by atoms with van der Waals surface area (Å²) < 4.78 is 12.9. The monoisotopic (exact) mass is 347 g/mol. The molecule has 128 valence electrons. The summed E-state index contributed by atoms with van der Waals surface area (Å²) in [5, 5.41) is 6.33. The van der Waals surface area contributed by atoms with E-state index in [1.165, 1.54) is 12.1 Å². The Morgan fingerprint density at radius 3 is 2.62 bits per heavy atom. The fourth-order valence-electron chi connectivity index (χ4n) is 3.09. The van der Waals surface area contributed by atoms with Gasteiger partial charge in [0.15, 0.2) is 0 Å². The van der Waals surface area contributed by atoms with E-state index < -0.39 is 0 Å². The van der Waals surface area contributed by atoms with Crippen molar-refractivity contribution < 1.29 is 9.18 Å². The topological polar surface area (TPSA) is 45.2 Å². The van der Waals surface area contributed by atoms with Crippen LogP contribution in [0.1, 0.15) is 30.1 Å². The molecule has 0 bridgehead atoms. The Hall–Kier alpha value is -1.79. The lowest BCUT2D eigenvalue weighted by molar-refractivity contribution is -0.132. The van der Waals surface area contributed by atoms with Crippen LogP contribution in [0.4, 0.5) is 4.39 Å². The van der Waals surface area contributed by atoms with Crippen LogP contribution in [-0.4, -0.2) is 41.0 Å². The van der Waals surface area contributed by atoms with Crippen molar-refractivity contribution in [2.24, 2.45) is 0 Å². The predicted octanol–water partition coefficient (Wildman–Crippen LogP) is 2.62. The maximum absolute atomic E-state index is 12.9. The van der Waals surface area contributed by atoms with Gasteiger partial charge in [0, 0.05) is 37.0 Å². The molecule has 1 N–H and O–H groups in total. The molecule has 0 saturated carbocycles. The number of carbonyl (C=O) groups is 1. The highest BCUT2D eigenvalue weighted by atomic mass is 32.1. The standard InChI is InChI=1S/C18H22FN3OS/c1-12-9-22(10-13(2)20-12)18(23)8-16-11-24-17(21-16)7-14-3-5-15(19)6-4-14/h3-6,11-13,20H,7-10H2,1-2H3. The fourth-order valence-corrected chi connectivity index (χ4v) is 3.91. The van der Waals surface area contributed by atoms with Crippen molar-refractivity contribution in [2.45, 2.75) is 38.8 Å². The van der Waals surface area contributed by atoms with Gasteiger partial charge in [0.05, 0.1) is 17.1 Å². The molecule has 1 aromatic carbocycles. The van der Waals surface area contributed by atoms with E-state index in [0.717, 1.165) is 29.4 Å². The lowest BCUT2D eigenvalue weighted by Gasteiger charge is -2.36.